The van der Waals surface area contributed by atoms with Gasteiger partial charge in [0, 0.05) is 6.07 Å². The van der Waals surface area contributed by atoms with Gasteiger partial charge in [-0.3, -0.25) is 4.79 Å². The molecule has 3 aromatic rings. The van der Waals surface area contributed by atoms with Crippen molar-refractivity contribution in [2.24, 2.45) is 0 Å². The summed E-state index contributed by atoms with van der Waals surface area (Å²) in [6.45, 7) is 2.19. The van der Waals surface area contributed by atoms with Crippen molar-refractivity contribution in [2.75, 3.05) is 27.2 Å². The smallest absolute Gasteiger partial charge is 0.259 e. The van der Waals surface area contributed by atoms with E-state index in [9.17, 15) is 4.79 Å². The molecule has 0 spiro atoms. The molecule has 1 N–H and O–H groups in total. The average Bonchev–Trinajstić information content (AvgIpc) is 2.68. The average molecular weight is 350 g/mol. The van der Waals surface area contributed by atoms with Crippen LogP contribution in [0.15, 0.2) is 41.2 Å². The van der Waals surface area contributed by atoms with Gasteiger partial charge in [0.1, 0.15) is 5.69 Å². The van der Waals surface area contributed by atoms with Gasteiger partial charge in [-0.1, -0.05) is 12.1 Å². The zero-order chi connectivity index (χ0) is 18.1. The number of methoxy groups -OCH3 is 1. The van der Waals surface area contributed by atoms with Crippen LogP contribution in [-0.4, -0.2) is 47.1 Å². The van der Waals surface area contributed by atoms with Gasteiger partial charge in [0.25, 0.3) is 5.56 Å². The van der Waals surface area contributed by atoms with Gasteiger partial charge in [-0.25, -0.2) is 9.97 Å². The van der Waals surface area contributed by atoms with Crippen molar-refractivity contribution in [3.05, 3.63) is 52.3 Å². The molecular weight excluding hydrogens is 328 g/mol. The molecular formula is C20H22N4O2. The van der Waals surface area contributed by atoms with E-state index in [0.29, 0.717) is 34.2 Å². The number of H-pyrrole nitrogens is 1. The maximum absolute atomic E-state index is 12.7. The van der Waals surface area contributed by atoms with Gasteiger partial charge in [0.05, 0.1) is 18.0 Å². The minimum atomic E-state index is -0.135. The first kappa shape index (κ1) is 16.7. The fraction of sp³-hybridized carbons (Fsp3) is 0.350. The van der Waals surface area contributed by atoms with E-state index in [-0.39, 0.29) is 5.56 Å². The van der Waals surface area contributed by atoms with E-state index < -0.39 is 0 Å². The number of ether oxygens (including phenoxy) is 1. The quantitative estimate of drug-likeness (QED) is 0.786. The molecule has 1 aliphatic heterocycles. The summed E-state index contributed by atoms with van der Waals surface area (Å²) in [6, 6.07) is 11.4. The molecule has 0 unspecified atom stereocenters. The molecule has 0 amide bonds. The van der Waals surface area contributed by atoms with Crippen LogP contribution in [0.1, 0.15) is 24.3 Å². The Morgan fingerprint density at radius 1 is 1.15 bits per heavy atom. The molecule has 0 aliphatic carbocycles. The summed E-state index contributed by atoms with van der Waals surface area (Å²) in [5.41, 5.74) is 2.36. The molecule has 0 bridgehead atoms. The fourth-order valence-corrected chi connectivity index (χ4v) is 3.53. The minimum Gasteiger partial charge on any atom is -0.481 e. The number of aromatic nitrogens is 3. The molecule has 3 heterocycles. The monoisotopic (exact) mass is 350 g/mol. The predicted molar refractivity (Wildman–Crippen MR) is 102 cm³/mol. The lowest BCUT2D eigenvalue weighted by Crippen LogP contribution is -2.29. The first-order chi connectivity index (χ1) is 12.6. The number of hydrogen-bond donors (Lipinski definition) is 1. The standard InChI is InChI=1S/C20H22N4O2/c1-24-10-8-13(9-11-24)14-6-7-16-15(12-14)20(25)23-19(22-16)17-4-3-5-18(21-17)26-2/h3-7,12-13H,8-11H2,1-2H3,(H,22,23,25). The Hall–Kier alpha value is -2.73. The highest BCUT2D eigenvalue weighted by Crippen LogP contribution is 2.29. The first-order valence-electron chi connectivity index (χ1n) is 8.88. The van der Waals surface area contributed by atoms with Crippen molar-refractivity contribution in [3.63, 3.8) is 0 Å². The van der Waals surface area contributed by atoms with Crippen LogP contribution in [0.5, 0.6) is 5.88 Å². The molecule has 0 saturated carbocycles. The minimum absolute atomic E-state index is 0.135. The van der Waals surface area contributed by atoms with Crippen LogP contribution < -0.4 is 10.3 Å². The summed E-state index contributed by atoms with van der Waals surface area (Å²) in [7, 11) is 3.71. The first-order valence-corrected chi connectivity index (χ1v) is 8.88. The van der Waals surface area contributed by atoms with Crippen molar-refractivity contribution in [1.29, 1.82) is 0 Å². The van der Waals surface area contributed by atoms with Crippen molar-refractivity contribution in [2.45, 2.75) is 18.8 Å². The van der Waals surface area contributed by atoms with Gasteiger partial charge < -0.3 is 14.6 Å². The summed E-state index contributed by atoms with van der Waals surface area (Å²) in [5.74, 6) is 1.45. The van der Waals surface area contributed by atoms with Crippen LogP contribution in [-0.2, 0) is 0 Å². The van der Waals surface area contributed by atoms with Gasteiger partial charge >= 0.3 is 0 Å². The third kappa shape index (κ3) is 3.20. The van der Waals surface area contributed by atoms with E-state index >= 15 is 0 Å². The second-order valence-corrected chi connectivity index (χ2v) is 6.83. The number of piperidine rings is 1. The zero-order valence-electron chi connectivity index (χ0n) is 15.0. The zero-order valence-corrected chi connectivity index (χ0v) is 15.0. The lowest BCUT2D eigenvalue weighted by atomic mass is 9.89. The second kappa shape index (κ2) is 6.88. The topological polar surface area (TPSA) is 71.1 Å². The van der Waals surface area contributed by atoms with Gasteiger partial charge in [0.2, 0.25) is 5.88 Å². The number of fused-ring (bicyclic) bond motifs is 1. The molecule has 134 valence electrons. The molecule has 4 rings (SSSR count). The second-order valence-electron chi connectivity index (χ2n) is 6.83. The van der Waals surface area contributed by atoms with Crippen LogP contribution in [0.3, 0.4) is 0 Å². The van der Waals surface area contributed by atoms with Crippen molar-refractivity contribution < 1.29 is 4.74 Å². The highest BCUT2D eigenvalue weighted by molar-refractivity contribution is 5.80. The normalized spacial score (nSPS) is 16.1. The number of pyridine rings is 1. The van der Waals surface area contributed by atoms with Crippen molar-refractivity contribution in [3.8, 4) is 17.4 Å². The Bertz CT molecular complexity index is 991. The number of aromatic amines is 1. The van der Waals surface area contributed by atoms with E-state index in [1.807, 2.05) is 18.2 Å². The highest BCUT2D eigenvalue weighted by atomic mass is 16.5. The lowest BCUT2D eigenvalue weighted by Gasteiger charge is -2.29. The van der Waals surface area contributed by atoms with Gasteiger partial charge in [-0.2, -0.15) is 0 Å². The van der Waals surface area contributed by atoms with Crippen LogP contribution in [0, 0.1) is 0 Å². The molecule has 2 aromatic heterocycles. The van der Waals surface area contributed by atoms with Gasteiger partial charge in [-0.15, -0.1) is 0 Å². The molecule has 26 heavy (non-hydrogen) atoms. The molecule has 1 fully saturated rings. The molecule has 6 heteroatoms. The number of nitrogens with one attached hydrogen (secondary N) is 1. The van der Waals surface area contributed by atoms with Crippen LogP contribution >= 0.6 is 0 Å². The molecule has 6 nitrogen and oxygen atoms in total. The number of nitrogens with zero attached hydrogens (tertiary/aromatic N) is 3. The summed E-state index contributed by atoms with van der Waals surface area (Å²) < 4.78 is 5.15. The highest BCUT2D eigenvalue weighted by Gasteiger charge is 2.19. The summed E-state index contributed by atoms with van der Waals surface area (Å²) in [5, 5.41) is 0.632. The largest absolute Gasteiger partial charge is 0.481 e. The maximum atomic E-state index is 12.7. The number of benzene rings is 1. The fourth-order valence-electron chi connectivity index (χ4n) is 3.53. The molecule has 0 radical (unpaired) electrons. The summed E-state index contributed by atoms with van der Waals surface area (Å²) >= 11 is 0. The lowest BCUT2D eigenvalue weighted by molar-refractivity contribution is 0.255. The number of hydrogen-bond acceptors (Lipinski definition) is 5. The Kier molecular flexibility index (Phi) is 4.42. The Labute approximate surface area is 151 Å². The Morgan fingerprint density at radius 3 is 2.73 bits per heavy atom. The summed E-state index contributed by atoms with van der Waals surface area (Å²) in [6.07, 6.45) is 2.25. The van der Waals surface area contributed by atoms with Crippen LogP contribution in [0.2, 0.25) is 0 Å². The van der Waals surface area contributed by atoms with Gasteiger partial charge in [-0.05, 0) is 62.7 Å². The Morgan fingerprint density at radius 2 is 1.96 bits per heavy atom. The van der Waals surface area contributed by atoms with Crippen LogP contribution in [0.4, 0.5) is 0 Å². The van der Waals surface area contributed by atoms with E-state index in [1.165, 1.54) is 5.56 Å². The number of likely N-dealkylation sites (tertiary alicyclic amines) is 1. The van der Waals surface area contributed by atoms with Crippen molar-refractivity contribution >= 4 is 10.9 Å². The molecule has 1 saturated heterocycles. The summed E-state index contributed by atoms with van der Waals surface area (Å²) in [4.78, 5) is 26.8. The predicted octanol–water partition coefficient (Wildman–Crippen LogP) is 2.80. The van der Waals surface area contributed by atoms with E-state index in [4.69, 9.17) is 4.74 Å². The molecule has 1 aromatic carbocycles. The molecule has 1 aliphatic rings. The van der Waals surface area contributed by atoms with E-state index in [1.54, 1.807) is 19.2 Å². The van der Waals surface area contributed by atoms with Crippen molar-refractivity contribution in [1.82, 2.24) is 19.9 Å². The van der Waals surface area contributed by atoms with Gasteiger partial charge in [0.15, 0.2) is 5.82 Å². The van der Waals surface area contributed by atoms with Crippen LogP contribution in [0.25, 0.3) is 22.4 Å². The third-order valence-corrected chi connectivity index (χ3v) is 5.09. The maximum Gasteiger partial charge on any atom is 0.259 e. The third-order valence-electron chi connectivity index (χ3n) is 5.09. The van der Waals surface area contributed by atoms with E-state index in [2.05, 4.69) is 33.0 Å². The SMILES string of the molecule is COc1cccc(-c2nc3ccc(C4CCN(C)CC4)cc3c(=O)[nH]2)n1. The number of rotatable bonds is 3. The van der Waals surface area contributed by atoms with E-state index in [0.717, 1.165) is 25.9 Å². The molecule has 0 atom stereocenters. The Balaban J connectivity index is 1.72.